The van der Waals surface area contributed by atoms with E-state index in [0.717, 1.165) is 43.7 Å². The molecule has 134 valence electrons. The molecule has 0 aliphatic carbocycles. The van der Waals surface area contributed by atoms with Gasteiger partial charge >= 0.3 is 0 Å². The van der Waals surface area contributed by atoms with Crippen molar-refractivity contribution in [2.75, 3.05) is 18.8 Å². The lowest BCUT2D eigenvalue weighted by Crippen LogP contribution is -2.43. The number of nitrogens with one attached hydrogen (secondary N) is 2. The van der Waals surface area contributed by atoms with E-state index < -0.39 is 0 Å². The lowest BCUT2D eigenvalue weighted by Gasteiger charge is -2.24. The average Bonchev–Trinajstić information content (AvgIpc) is 3.10. The highest BCUT2D eigenvalue weighted by Gasteiger charge is 2.29. The summed E-state index contributed by atoms with van der Waals surface area (Å²) in [6.07, 6.45) is 7.37. The molecule has 24 heavy (non-hydrogen) atoms. The molecule has 1 aromatic heterocycles. The van der Waals surface area contributed by atoms with Gasteiger partial charge in [-0.1, -0.05) is 6.42 Å². The summed E-state index contributed by atoms with van der Waals surface area (Å²) >= 11 is 2.07. The highest BCUT2D eigenvalue weighted by molar-refractivity contribution is 8.00. The number of aryl methyl sites for hydroxylation is 1. The Balaban J connectivity index is 1.62. The van der Waals surface area contributed by atoms with Crippen molar-refractivity contribution in [1.82, 2.24) is 25.4 Å². The number of aliphatic imine (C=N–C) groups is 1. The molecule has 0 spiro atoms. The first-order valence-corrected chi connectivity index (χ1v) is 10.3. The zero-order valence-corrected chi connectivity index (χ0v) is 15.8. The number of aromatic nitrogens is 3. The number of thioether (sulfide) groups is 1. The fourth-order valence-electron chi connectivity index (χ4n) is 3.40. The van der Waals surface area contributed by atoms with Crippen LogP contribution >= 0.6 is 11.8 Å². The van der Waals surface area contributed by atoms with Gasteiger partial charge in [0.2, 0.25) is 0 Å². The van der Waals surface area contributed by atoms with E-state index in [0.29, 0.717) is 11.3 Å². The second kappa shape index (κ2) is 8.23. The first-order valence-electron chi connectivity index (χ1n) is 9.27. The molecule has 0 bridgehead atoms. The molecular weight excluding hydrogens is 320 g/mol. The van der Waals surface area contributed by atoms with E-state index in [2.05, 4.69) is 51.0 Å². The molecule has 7 heteroatoms. The number of guanidine groups is 1. The first kappa shape index (κ1) is 17.6. The van der Waals surface area contributed by atoms with E-state index in [1.54, 1.807) is 0 Å². The summed E-state index contributed by atoms with van der Waals surface area (Å²) in [5.41, 5.74) is 0. The SMILES string of the molecule is CCNC(=NCc1nnc2n1CCCCC2)NCC1(C)CCCS1. The van der Waals surface area contributed by atoms with Crippen molar-refractivity contribution in [2.45, 2.75) is 70.2 Å². The van der Waals surface area contributed by atoms with Gasteiger partial charge < -0.3 is 15.2 Å². The number of nitrogens with zero attached hydrogens (tertiary/aromatic N) is 4. The first-order chi connectivity index (χ1) is 11.7. The van der Waals surface area contributed by atoms with Gasteiger partial charge in [0.1, 0.15) is 12.4 Å². The molecule has 0 saturated carbocycles. The van der Waals surface area contributed by atoms with E-state index in [1.165, 1.54) is 37.9 Å². The highest BCUT2D eigenvalue weighted by Crippen LogP contribution is 2.36. The van der Waals surface area contributed by atoms with Gasteiger partial charge in [-0.2, -0.15) is 11.8 Å². The van der Waals surface area contributed by atoms with E-state index in [1.807, 2.05) is 0 Å². The molecule has 3 rings (SSSR count). The van der Waals surface area contributed by atoms with Crippen LogP contribution < -0.4 is 10.6 Å². The van der Waals surface area contributed by atoms with Crippen molar-refractivity contribution in [2.24, 2.45) is 4.99 Å². The highest BCUT2D eigenvalue weighted by atomic mass is 32.2. The van der Waals surface area contributed by atoms with Crippen LogP contribution in [0.3, 0.4) is 0 Å². The van der Waals surface area contributed by atoms with Crippen LogP contribution in [0.2, 0.25) is 0 Å². The Morgan fingerprint density at radius 3 is 2.96 bits per heavy atom. The molecule has 0 radical (unpaired) electrons. The Morgan fingerprint density at radius 2 is 2.17 bits per heavy atom. The minimum absolute atomic E-state index is 0.335. The number of hydrogen-bond acceptors (Lipinski definition) is 4. The standard InChI is InChI=1S/C17H30N6S/c1-3-18-16(20-13-17(2)9-7-11-24-17)19-12-15-22-21-14-8-5-4-6-10-23(14)15/h3-13H2,1-2H3,(H2,18,19,20). The van der Waals surface area contributed by atoms with Gasteiger partial charge in [-0.25, -0.2) is 4.99 Å². The predicted octanol–water partition coefficient (Wildman–Crippen LogP) is 2.35. The number of hydrogen-bond donors (Lipinski definition) is 2. The van der Waals surface area contributed by atoms with Gasteiger partial charge in [0.25, 0.3) is 0 Å². The molecule has 2 N–H and O–H groups in total. The summed E-state index contributed by atoms with van der Waals surface area (Å²) in [5, 5.41) is 15.6. The van der Waals surface area contributed by atoms with Crippen LogP contribution in [-0.4, -0.2) is 44.3 Å². The number of fused-ring (bicyclic) bond motifs is 1. The summed E-state index contributed by atoms with van der Waals surface area (Å²) in [4.78, 5) is 4.75. The summed E-state index contributed by atoms with van der Waals surface area (Å²) in [6.45, 7) is 7.90. The van der Waals surface area contributed by atoms with Gasteiger partial charge in [-0.05, 0) is 45.3 Å². The lowest BCUT2D eigenvalue weighted by atomic mass is 10.1. The molecule has 1 aromatic rings. The zero-order chi connectivity index (χ0) is 16.8. The maximum Gasteiger partial charge on any atom is 0.191 e. The van der Waals surface area contributed by atoms with Gasteiger partial charge in [0.15, 0.2) is 11.8 Å². The summed E-state index contributed by atoms with van der Waals surface area (Å²) in [7, 11) is 0. The monoisotopic (exact) mass is 350 g/mol. The molecule has 1 atom stereocenters. The smallest absolute Gasteiger partial charge is 0.191 e. The minimum Gasteiger partial charge on any atom is -0.357 e. The third-order valence-electron chi connectivity index (χ3n) is 4.84. The van der Waals surface area contributed by atoms with Crippen LogP contribution in [-0.2, 0) is 19.5 Å². The fraction of sp³-hybridized carbons (Fsp3) is 0.824. The molecule has 6 nitrogen and oxygen atoms in total. The van der Waals surface area contributed by atoms with Crippen LogP contribution in [0.5, 0.6) is 0 Å². The second-order valence-electron chi connectivity index (χ2n) is 6.95. The number of rotatable bonds is 5. The quantitative estimate of drug-likeness (QED) is 0.630. The average molecular weight is 351 g/mol. The van der Waals surface area contributed by atoms with Crippen molar-refractivity contribution in [3.05, 3.63) is 11.6 Å². The third kappa shape index (κ3) is 4.43. The maximum absolute atomic E-state index is 4.75. The summed E-state index contributed by atoms with van der Waals surface area (Å²) in [5.74, 6) is 4.28. The Hall–Kier alpha value is -1.24. The topological polar surface area (TPSA) is 67.1 Å². The molecule has 2 aliphatic heterocycles. The van der Waals surface area contributed by atoms with Gasteiger partial charge in [0.05, 0.1) is 0 Å². The van der Waals surface area contributed by atoms with E-state index in [9.17, 15) is 0 Å². The zero-order valence-electron chi connectivity index (χ0n) is 15.0. The van der Waals surface area contributed by atoms with E-state index in [4.69, 9.17) is 4.99 Å². The Bertz CT molecular complexity index is 561. The molecule has 3 heterocycles. The Morgan fingerprint density at radius 1 is 1.25 bits per heavy atom. The van der Waals surface area contributed by atoms with E-state index >= 15 is 0 Å². The van der Waals surface area contributed by atoms with Crippen molar-refractivity contribution in [1.29, 1.82) is 0 Å². The third-order valence-corrected chi connectivity index (χ3v) is 6.38. The van der Waals surface area contributed by atoms with Crippen molar-refractivity contribution in [3.63, 3.8) is 0 Å². The Kier molecular flexibility index (Phi) is 6.03. The normalized spacial score (nSPS) is 24.5. The molecule has 1 saturated heterocycles. The molecular formula is C17H30N6S. The van der Waals surface area contributed by atoms with Crippen molar-refractivity contribution >= 4 is 17.7 Å². The van der Waals surface area contributed by atoms with Gasteiger partial charge in [-0.3, -0.25) is 0 Å². The van der Waals surface area contributed by atoms with Crippen LogP contribution in [0.1, 0.15) is 57.6 Å². The van der Waals surface area contributed by atoms with Crippen LogP contribution in [0, 0.1) is 0 Å². The maximum atomic E-state index is 4.75. The fourth-order valence-corrected chi connectivity index (χ4v) is 4.65. The van der Waals surface area contributed by atoms with Crippen molar-refractivity contribution < 1.29 is 0 Å². The van der Waals surface area contributed by atoms with Gasteiger partial charge in [0, 0.05) is 30.8 Å². The molecule has 0 aromatic carbocycles. The van der Waals surface area contributed by atoms with Crippen molar-refractivity contribution in [3.8, 4) is 0 Å². The largest absolute Gasteiger partial charge is 0.357 e. The van der Waals surface area contributed by atoms with E-state index in [-0.39, 0.29) is 0 Å². The summed E-state index contributed by atoms with van der Waals surface area (Å²) < 4.78 is 2.61. The molecule has 2 aliphatic rings. The van der Waals surface area contributed by atoms with Crippen LogP contribution in [0.25, 0.3) is 0 Å². The lowest BCUT2D eigenvalue weighted by molar-refractivity contribution is 0.582. The Labute approximate surface area is 149 Å². The molecule has 1 unspecified atom stereocenters. The molecule has 0 amide bonds. The molecule has 1 fully saturated rings. The second-order valence-corrected chi connectivity index (χ2v) is 8.63. The summed E-state index contributed by atoms with van der Waals surface area (Å²) in [6, 6.07) is 0. The van der Waals surface area contributed by atoms with Crippen LogP contribution in [0.15, 0.2) is 4.99 Å². The predicted molar refractivity (Wildman–Crippen MR) is 100 cm³/mol. The minimum atomic E-state index is 0.335. The van der Waals surface area contributed by atoms with Crippen LogP contribution in [0.4, 0.5) is 0 Å². The van der Waals surface area contributed by atoms with Gasteiger partial charge in [-0.15, -0.1) is 10.2 Å².